The smallest absolute Gasteiger partial charge is 0.161 e. The highest BCUT2D eigenvalue weighted by molar-refractivity contribution is 14.1. The van der Waals surface area contributed by atoms with Crippen LogP contribution >= 0.6 is 38.5 Å². The van der Waals surface area contributed by atoms with Crippen LogP contribution < -0.4 is 5.73 Å². The van der Waals surface area contributed by atoms with Gasteiger partial charge in [-0.1, -0.05) is 0 Å². The fourth-order valence-corrected chi connectivity index (χ4v) is 2.47. The third-order valence-corrected chi connectivity index (χ3v) is 3.94. The van der Waals surface area contributed by atoms with Gasteiger partial charge in [-0.05, 0) is 56.7 Å². The lowest BCUT2D eigenvalue weighted by molar-refractivity contribution is 0.621. The molecule has 1 aromatic heterocycles. The van der Waals surface area contributed by atoms with Crippen molar-refractivity contribution in [3.63, 3.8) is 0 Å². The highest BCUT2D eigenvalue weighted by Gasteiger charge is 2.17. The number of anilines is 1. The summed E-state index contributed by atoms with van der Waals surface area (Å²) in [5, 5.41) is 0. The molecule has 0 aliphatic heterocycles. The lowest BCUT2D eigenvalue weighted by atomic mass is 10.1. The minimum atomic E-state index is -0.547. The first-order valence-corrected chi connectivity index (χ1v) is 6.43. The van der Waals surface area contributed by atoms with E-state index in [-0.39, 0.29) is 15.9 Å². The van der Waals surface area contributed by atoms with E-state index < -0.39 is 11.6 Å². The number of pyridine rings is 1. The van der Waals surface area contributed by atoms with Gasteiger partial charge in [0.25, 0.3) is 0 Å². The molecule has 1 heterocycles. The number of nitrogens with two attached hydrogens (primary N) is 1. The van der Waals surface area contributed by atoms with Gasteiger partial charge in [-0.3, -0.25) is 4.98 Å². The quantitative estimate of drug-likeness (QED) is 0.439. The first-order valence-electron chi connectivity index (χ1n) is 4.56. The van der Waals surface area contributed by atoms with Gasteiger partial charge >= 0.3 is 0 Å². The summed E-state index contributed by atoms with van der Waals surface area (Å²) in [4.78, 5) is 3.94. The molecule has 2 rings (SSSR count). The number of nitrogens with zero attached hydrogens (tertiary/aromatic N) is 1. The Morgan fingerprint density at radius 1 is 1.35 bits per heavy atom. The first-order chi connectivity index (χ1) is 8.02. The Morgan fingerprint density at radius 3 is 2.71 bits per heavy atom. The highest BCUT2D eigenvalue weighted by Crippen LogP contribution is 2.35. The van der Waals surface area contributed by atoms with Crippen molar-refractivity contribution in [2.24, 2.45) is 0 Å². The molecule has 0 unspecified atom stereocenters. The molecule has 2 aromatic rings. The maximum Gasteiger partial charge on any atom is 0.161 e. The zero-order chi connectivity index (χ0) is 12.6. The van der Waals surface area contributed by atoms with E-state index in [1.54, 1.807) is 0 Å². The van der Waals surface area contributed by atoms with E-state index in [1.807, 2.05) is 22.6 Å². The van der Waals surface area contributed by atoms with Gasteiger partial charge in [0.15, 0.2) is 5.82 Å². The van der Waals surface area contributed by atoms with E-state index in [0.717, 1.165) is 0 Å². The second-order valence-electron chi connectivity index (χ2n) is 3.28. The van der Waals surface area contributed by atoms with Gasteiger partial charge in [0.05, 0.1) is 10.2 Å². The lowest BCUT2D eigenvalue weighted by Gasteiger charge is -2.09. The van der Waals surface area contributed by atoms with Gasteiger partial charge in [-0.15, -0.1) is 0 Å². The maximum absolute atomic E-state index is 13.6. The first kappa shape index (κ1) is 12.7. The zero-order valence-electron chi connectivity index (χ0n) is 8.35. The fraction of sp³-hybridized carbons (Fsp3) is 0. The number of hydrogen-bond donors (Lipinski definition) is 1. The van der Waals surface area contributed by atoms with Crippen molar-refractivity contribution in [1.29, 1.82) is 0 Å². The summed E-state index contributed by atoms with van der Waals surface area (Å²) >= 11 is 4.92. The summed E-state index contributed by atoms with van der Waals surface area (Å²) in [7, 11) is 0. The number of rotatable bonds is 1. The minimum Gasteiger partial charge on any atom is -0.395 e. The molecule has 0 radical (unpaired) electrons. The number of aromatic nitrogens is 1. The molecular weight excluding hydrogens is 405 g/mol. The Balaban J connectivity index is 2.73. The van der Waals surface area contributed by atoms with E-state index in [4.69, 9.17) is 5.73 Å². The van der Waals surface area contributed by atoms with Crippen molar-refractivity contribution in [3.8, 4) is 11.3 Å². The van der Waals surface area contributed by atoms with Crippen LogP contribution in [-0.2, 0) is 0 Å². The van der Waals surface area contributed by atoms with Crippen LogP contribution in [0.3, 0.4) is 0 Å². The Labute approximate surface area is 119 Å². The van der Waals surface area contributed by atoms with Crippen LogP contribution in [0.25, 0.3) is 11.3 Å². The Bertz CT molecular complexity index is 590. The molecule has 1 aromatic carbocycles. The molecule has 0 saturated carbocycles. The summed E-state index contributed by atoms with van der Waals surface area (Å²) in [6, 6.07) is 4.26. The van der Waals surface area contributed by atoms with E-state index in [2.05, 4.69) is 20.9 Å². The largest absolute Gasteiger partial charge is 0.395 e. The van der Waals surface area contributed by atoms with E-state index in [0.29, 0.717) is 9.13 Å². The van der Waals surface area contributed by atoms with Crippen LogP contribution in [0.15, 0.2) is 28.9 Å². The second-order valence-corrected chi connectivity index (χ2v) is 5.21. The summed E-state index contributed by atoms with van der Waals surface area (Å²) in [6.07, 6.45) is 1.47. The Morgan fingerprint density at radius 2 is 2.06 bits per heavy atom. The average Bonchev–Trinajstić information content (AvgIpc) is 2.32. The van der Waals surface area contributed by atoms with Gasteiger partial charge in [0.2, 0.25) is 0 Å². The van der Waals surface area contributed by atoms with E-state index in [1.165, 1.54) is 24.4 Å². The standard InChI is InChI=1S/C11H6BrF2IN2/c12-6-4-5(9(15)10(16)8(6)14)11-7(13)2-1-3-17-11/h1-4H,16H2. The molecule has 0 saturated heterocycles. The molecule has 17 heavy (non-hydrogen) atoms. The fourth-order valence-electron chi connectivity index (χ4n) is 1.38. The van der Waals surface area contributed by atoms with Crippen LogP contribution in [0.4, 0.5) is 14.5 Å². The molecule has 88 valence electrons. The van der Waals surface area contributed by atoms with Crippen molar-refractivity contribution >= 4 is 44.2 Å². The molecule has 0 aliphatic carbocycles. The molecule has 0 amide bonds. The van der Waals surface area contributed by atoms with Gasteiger partial charge in [0, 0.05) is 15.3 Å². The summed E-state index contributed by atoms with van der Waals surface area (Å²) in [5.74, 6) is -1.02. The topological polar surface area (TPSA) is 38.9 Å². The third kappa shape index (κ3) is 2.28. The predicted molar refractivity (Wildman–Crippen MR) is 74.4 cm³/mol. The Hall–Kier alpha value is -0.760. The highest BCUT2D eigenvalue weighted by atomic mass is 127. The third-order valence-electron chi connectivity index (χ3n) is 2.20. The van der Waals surface area contributed by atoms with Crippen LogP contribution in [-0.4, -0.2) is 4.98 Å². The second kappa shape index (κ2) is 4.85. The van der Waals surface area contributed by atoms with Crippen molar-refractivity contribution in [1.82, 2.24) is 4.98 Å². The number of benzene rings is 1. The van der Waals surface area contributed by atoms with Crippen molar-refractivity contribution in [3.05, 3.63) is 44.1 Å². The average molecular weight is 411 g/mol. The van der Waals surface area contributed by atoms with Gasteiger partial charge in [0.1, 0.15) is 11.5 Å². The predicted octanol–water partition coefficient (Wildman–Crippen LogP) is 3.98. The molecule has 6 heteroatoms. The van der Waals surface area contributed by atoms with E-state index in [9.17, 15) is 8.78 Å². The molecule has 0 fully saturated rings. The number of halogens is 4. The molecular formula is C11H6BrF2IN2. The van der Waals surface area contributed by atoms with Crippen molar-refractivity contribution < 1.29 is 8.78 Å². The Kier molecular flexibility index (Phi) is 3.62. The minimum absolute atomic E-state index is 0.0139. The summed E-state index contributed by atoms with van der Waals surface area (Å²) in [5.41, 5.74) is 6.22. The zero-order valence-corrected chi connectivity index (χ0v) is 12.1. The lowest BCUT2D eigenvalue weighted by Crippen LogP contribution is -2.00. The van der Waals surface area contributed by atoms with Gasteiger partial charge < -0.3 is 5.73 Å². The van der Waals surface area contributed by atoms with Crippen LogP contribution in [0.1, 0.15) is 0 Å². The van der Waals surface area contributed by atoms with Crippen molar-refractivity contribution in [2.75, 3.05) is 5.73 Å². The number of hydrogen-bond acceptors (Lipinski definition) is 2. The van der Waals surface area contributed by atoms with Crippen molar-refractivity contribution in [2.45, 2.75) is 0 Å². The van der Waals surface area contributed by atoms with Gasteiger partial charge in [-0.25, -0.2) is 8.78 Å². The summed E-state index contributed by atoms with van der Waals surface area (Å²) < 4.78 is 27.7. The number of nitrogen functional groups attached to an aromatic ring is 1. The maximum atomic E-state index is 13.6. The monoisotopic (exact) mass is 410 g/mol. The molecule has 2 nitrogen and oxygen atoms in total. The molecule has 0 aliphatic rings. The molecule has 2 N–H and O–H groups in total. The SMILES string of the molecule is Nc1c(F)c(Br)cc(-c2ncccc2F)c1I. The van der Waals surface area contributed by atoms with E-state index >= 15 is 0 Å². The van der Waals surface area contributed by atoms with Crippen LogP contribution in [0, 0.1) is 15.2 Å². The molecule has 0 bridgehead atoms. The van der Waals surface area contributed by atoms with Gasteiger partial charge in [-0.2, -0.15) is 0 Å². The van der Waals surface area contributed by atoms with Crippen LogP contribution in [0.2, 0.25) is 0 Å². The normalized spacial score (nSPS) is 10.6. The van der Waals surface area contributed by atoms with Crippen LogP contribution in [0.5, 0.6) is 0 Å². The molecule has 0 spiro atoms. The summed E-state index contributed by atoms with van der Waals surface area (Å²) in [6.45, 7) is 0. The molecule has 0 atom stereocenters.